The molecule has 0 bridgehead atoms. The maximum absolute atomic E-state index is 13.5. The van der Waals surface area contributed by atoms with Crippen LogP contribution < -0.4 is 0 Å². The maximum atomic E-state index is 13.5. The molecule has 0 spiro atoms. The number of aryl methyl sites for hydroxylation is 3. The van der Waals surface area contributed by atoms with Crippen LogP contribution in [0.1, 0.15) is 46.3 Å². The van der Waals surface area contributed by atoms with Crippen molar-refractivity contribution in [3.05, 3.63) is 111 Å². The van der Waals surface area contributed by atoms with Crippen molar-refractivity contribution in [1.29, 1.82) is 0 Å². The van der Waals surface area contributed by atoms with Gasteiger partial charge in [-0.05, 0) is 56.2 Å². The molecule has 2 heteroatoms. The maximum Gasteiger partial charge on any atom is 0.226 e. The third-order valence-corrected chi connectivity index (χ3v) is 4.82. The molecule has 0 aromatic heterocycles. The Morgan fingerprint density at radius 3 is 1.62 bits per heavy atom. The van der Waals surface area contributed by atoms with Gasteiger partial charge in [0.05, 0.1) is 0 Å². The third kappa shape index (κ3) is 3.55. The highest BCUT2D eigenvalue weighted by Crippen LogP contribution is 2.27. The largest absolute Gasteiger partial charge is 0.623 e. The van der Waals surface area contributed by atoms with Gasteiger partial charge in [-0.15, -0.1) is 0 Å². The lowest BCUT2D eigenvalue weighted by atomic mass is 9.94. The number of benzene rings is 3. The van der Waals surface area contributed by atoms with E-state index in [0.717, 1.165) is 32.6 Å². The Balaban J connectivity index is 2.20. The summed E-state index contributed by atoms with van der Waals surface area (Å²) in [5, 5.41) is 13.5. The quantitative estimate of drug-likeness (QED) is 0.257. The van der Waals surface area contributed by atoms with Crippen molar-refractivity contribution < 1.29 is 4.74 Å². The molecule has 0 aliphatic heterocycles. The number of rotatable bonds is 4. The van der Waals surface area contributed by atoms with E-state index >= 15 is 0 Å². The van der Waals surface area contributed by atoms with Crippen molar-refractivity contribution in [2.75, 3.05) is 0 Å². The average molecular weight is 343 g/mol. The van der Waals surface area contributed by atoms with Gasteiger partial charge in [0.1, 0.15) is 0 Å². The molecule has 0 aliphatic carbocycles. The summed E-state index contributed by atoms with van der Waals surface area (Å²) in [7, 11) is 0. The van der Waals surface area contributed by atoms with Gasteiger partial charge in [-0.3, -0.25) is 0 Å². The van der Waals surface area contributed by atoms with Crippen LogP contribution in [0.5, 0.6) is 0 Å². The molecule has 132 valence electrons. The summed E-state index contributed by atoms with van der Waals surface area (Å²) in [5.74, 6) is 0. The normalized spacial score (nSPS) is 11.8. The Kier molecular flexibility index (Phi) is 5.22. The zero-order valence-electron chi connectivity index (χ0n) is 15.9. The lowest BCUT2D eigenvalue weighted by Gasteiger charge is -2.21. The van der Waals surface area contributed by atoms with Crippen molar-refractivity contribution in [2.24, 2.45) is 0 Å². The highest BCUT2D eigenvalue weighted by Gasteiger charge is 2.24. The van der Waals surface area contributed by atoms with Crippen LogP contribution in [0.3, 0.4) is 0 Å². The summed E-state index contributed by atoms with van der Waals surface area (Å²) in [6, 6.07) is 23.8. The Morgan fingerprint density at radius 2 is 1.19 bits per heavy atom. The molecule has 3 aromatic rings. The van der Waals surface area contributed by atoms with Gasteiger partial charge < -0.3 is 5.21 Å². The van der Waals surface area contributed by atoms with E-state index in [4.69, 9.17) is 0 Å². The summed E-state index contributed by atoms with van der Waals surface area (Å²) in [6.07, 6.45) is 0. The van der Waals surface area contributed by atoms with Crippen molar-refractivity contribution in [3.63, 3.8) is 0 Å². The van der Waals surface area contributed by atoms with E-state index in [0.29, 0.717) is 5.71 Å². The molecule has 1 unspecified atom stereocenters. The van der Waals surface area contributed by atoms with Gasteiger partial charge in [-0.1, -0.05) is 54.1 Å². The predicted octanol–water partition coefficient (Wildman–Crippen LogP) is 5.72. The first kappa shape index (κ1) is 17.9. The Bertz CT molecular complexity index is 862. The summed E-state index contributed by atoms with van der Waals surface area (Å²) >= 11 is 0. The molecule has 0 fully saturated rings. The lowest BCUT2D eigenvalue weighted by molar-refractivity contribution is -0.502. The highest BCUT2D eigenvalue weighted by atomic mass is 16.5. The fourth-order valence-corrected chi connectivity index (χ4v) is 3.77. The van der Waals surface area contributed by atoms with E-state index in [1.165, 1.54) is 5.56 Å². The molecular weight excluding hydrogens is 318 g/mol. The molecule has 26 heavy (non-hydrogen) atoms. The minimum Gasteiger partial charge on any atom is -0.623 e. The Morgan fingerprint density at radius 1 is 0.769 bits per heavy atom. The van der Waals surface area contributed by atoms with Gasteiger partial charge >= 0.3 is 0 Å². The van der Waals surface area contributed by atoms with Crippen LogP contribution >= 0.6 is 0 Å². The van der Waals surface area contributed by atoms with E-state index in [1.54, 1.807) is 0 Å². The molecule has 0 heterocycles. The van der Waals surface area contributed by atoms with Gasteiger partial charge in [-0.2, -0.15) is 4.74 Å². The summed E-state index contributed by atoms with van der Waals surface area (Å²) in [6.45, 7) is 8.26. The predicted molar refractivity (Wildman–Crippen MR) is 109 cm³/mol. The fraction of sp³-hybridized carbons (Fsp3) is 0.208. The second kappa shape index (κ2) is 7.57. The number of hydrogen-bond donors (Lipinski definition) is 0. The van der Waals surface area contributed by atoms with Crippen LogP contribution in [-0.2, 0) is 0 Å². The molecule has 0 radical (unpaired) electrons. The second-order valence-electron chi connectivity index (χ2n) is 6.89. The minimum atomic E-state index is -0.272. The molecule has 1 atom stereocenters. The second-order valence-corrected chi connectivity index (χ2v) is 6.89. The molecule has 0 aliphatic rings. The molecule has 0 amide bonds. The van der Waals surface area contributed by atoms with Gasteiger partial charge in [0, 0.05) is 23.6 Å². The fourth-order valence-electron chi connectivity index (χ4n) is 3.77. The van der Waals surface area contributed by atoms with Crippen LogP contribution in [0.15, 0.2) is 72.8 Å². The van der Waals surface area contributed by atoms with Crippen molar-refractivity contribution in [3.8, 4) is 0 Å². The van der Waals surface area contributed by atoms with Gasteiger partial charge in [0.25, 0.3) is 0 Å². The highest BCUT2D eigenvalue weighted by molar-refractivity contribution is 6.09. The van der Waals surface area contributed by atoms with Crippen LogP contribution in [-0.4, -0.2) is 10.5 Å². The first-order chi connectivity index (χ1) is 12.5. The van der Waals surface area contributed by atoms with Crippen molar-refractivity contribution in [1.82, 2.24) is 0 Å². The minimum absolute atomic E-state index is 0.272. The molecule has 0 saturated heterocycles. The van der Waals surface area contributed by atoms with Crippen LogP contribution in [0.25, 0.3) is 0 Å². The van der Waals surface area contributed by atoms with Crippen molar-refractivity contribution >= 4 is 5.71 Å². The molecular formula is C24H25NO. The lowest BCUT2D eigenvalue weighted by Crippen LogP contribution is -2.22. The molecule has 0 saturated carbocycles. The monoisotopic (exact) mass is 343 g/mol. The number of hydroxylamine groups is 1. The summed E-state index contributed by atoms with van der Waals surface area (Å²) in [5.41, 5.74) is 7.23. The van der Waals surface area contributed by atoms with Crippen LogP contribution in [0, 0.1) is 26.0 Å². The smallest absolute Gasteiger partial charge is 0.226 e. The van der Waals surface area contributed by atoms with Gasteiger partial charge in [0.15, 0.2) is 6.04 Å². The topological polar surface area (TPSA) is 26.1 Å². The van der Waals surface area contributed by atoms with E-state index in [2.05, 4.69) is 32.9 Å². The Hall–Kier alpha value is -2.87. The molecule has 3 aromatic carbocycles. The van der Waals surface area contributed by atoms with E-state index in [9.17, 15) is 5.21 Å². The van der Waals surface area contributed by atoms with Gasteiger partial charge in [-0.25, -0.2) is 0 Å². The first-order valence-electron chi connectivity index (χ1n) is 9.01. The average Bonchev–Trinajstić information content (AvgIpc) is 2.62. The van der Waals surface area contributed by atoms with Crippen LogP contribution in [0.4, 0.5) is 0 Å². The summed E-state index contributed by atoms with van der Waals surface area (Å²) in [4.78, 5) is 0. The zero-order valence-corrected chi connectivity index (χ0v) is 15.9. The standard InChI is InChI=1S/C24H25NO/c1-17-15-18(2)23(19(3)16-17)20(4)25(26)24(21-11-7-5-8-12-21)22-13-9-6-10-14-22/h5-16,20H,1-4H3. The third-order valence-electron chi connectivity index (χ3n) is 4.82. The number of hydrogen-bond acceptors (Lipinski definition) is 1. The Labute approximate surface area is 156 Å². The van der Waals surface area contributed by atoms with Crippen molar-refractivity contribution in [2.45, 2.75) is 33.7 Å². The number of nitrogens with zero attached hydrogens (tertiary/aromatic N) is 1. The molecule has 2 nitrogen and oxygen atoms in total. The summed E-state index contributed by atoms with van der Waals surface area (Å²) < 4.78 is 1.16. The zero-order chi connectivity index (χ0) is 18.7. The van der Waals surface area contributed by atoms with E-state index in [1.807, 2.05) is 67.6 Å². The van der Waals surface area contributed by atoms with Crippen LogP contribution in [0.2, 0.25) is 0 Å². The molecule has 3 rings (SSSR count). The van der Waals surface area contributed by atoms with E-state index < -0.39 is 0 Å². The van der Waals surface area contributed by atoms with Gasteiger partial charge in [0.2, 0.25) is 5.71 Å². The SMILES string of the molecule is Cc1cc(C)c(C(C)[N+]([O-])=C(c2ccccc2)c2ccccc2)c(C)c1. The molecule has 0 N–H and O–H groups in total. The first-order valence-corrected chi connectivity index (χ1v) is 9.01. The van der Waals surface area contributed by atoms with E-state index in [-0.39, 0.29) is 6.04 Å².